The van der Waals surface area contributed by atoms with Gasteiger partial charge in [-0.2, -0.15) is 0 Å². The molecule has 272 valence electrons. The molecular formula is C37H47FN2O9S. The number of sulfonamides is 1. The largest absolute Gasteiger partial charge is 0.394 e. The maximum absolute atomic E-state index is 13.7. The molecule has 13 heteroatoms. The highest BCUT2D eigenvalue weighted by molar-refractivity contribution is 7.88. The zero-order valence-electron chi connectivity index (χ0n) is 28.3. The van der Waals surface area contributed by atoms with Crippen LogP contribution in [0.5, 0.6) is 0 Å². The number of hydrogen-bond acceptors (Lipinski definition) is 9. The number of anilines is 1. The van der Waals surface area contributed by atoms with Crippen LogP contribution in [-0.4, -0.2) is 101 Å². The summed E-state index contributed by atoms with van der Waals surface area (Å²) in [7, 11) is -1.69. The summed E-state index contributed by atoms with van der Waals surface area (Å²) in [5.41, 5.74) is 4.14. The molecule has 5 N–H and O–H groups in total. The number of aryl methyl sites for hydroxylation is 2. The molecule has 0 aliphatic carbocycles. The number of halogens is 1. The van der Waals surface area contributed by atoms with Crippen molar-refractivity contribution in [1.29, 1.82) is 0 Å². The van der Waals surface area contributed by atoms with Crippen LogP contribution in [0.25, 0.3) is 0 Å². The van der Waals surface area contributed by atoms with Crippen molar-refractivity contribution in [3.8, 4) is 0 Å². The van der Waals surface area contributed by atoms with Crippen LogP contribution < -0.4 is 4.90 Å². The molecule has 3 aromatic carbocycles. The summed E-state index contributed by atoms with van der Waals surface area (Å²) >= 11 is 0. The standard InChI is InChI=1S/C37H47FN2O9S/c1-39(50(2,47)48)21-3-4-23-7-16-28(17-8-23)40-33(29(37(40)46)18-19-30(42)25-12-14-27(38)15-13-25)26-10-5-24(6-11-26)9-20-31-34(43)36(45)35(44)32(22-41)49-31/h5-8,10-17,29-36,41-45H,3-4,9,18-22H2,1-2H3/t29-,30+,31?,32-,33-,34+,35-,36-/m1/s1. The monoisotopic (exact) mass is 714 g/mol. The van der Waals surface area contributed by atoms with E-state index in [9.17, 15) is 43.1 Å². The van der Waals surface area contributed by atoms with Crippen molar-refractivity contribution in [1.82, 2.24) is 4.31 Å². The maximum atomic E-state index is 13.7. The molecule has 50 heavy (non-hydrogen) atoms. The summed E-state index contributed by atoms with van der Waals surface area (Å²) in [6.45, 7) is -0.0855. The van der Waals surface area contributed by atoms with Crippen LogP contribution in [0.4, 0.5) is 10.1 Å². The van der Waals surface area contributed by atoms with Crippen molar-refractivity contribution in [3.05, 3.63) is 101 Å². The third-order valence-electron chi connectivity index (χ3n) is 9.97. The van der Waals surface area contributed by atoms with Gasteiger partial charge in [0.25, 0.3) is 0 Å². The second-order valence-electron chi connectivity index (χ2n) is 13.4. The highest BCUT2D eigenvalue weighted by atomic mass is 32.2. The third kappa shape index (κ3) is 8.78. The van der Waals surface area contributed by atoms with E-state index in [1.54, 1.807) is 11.9 Å². The predicted molar refractivity (Wildman–Crippen MR) is 185 cm³/mol. The van der Waals surface area contributed by atoms with Crippen LogP contribution in [0, 0.1) is 11.7 Å². The Hall–Kier alpha value is -3.27. The Morgan fingerprint density at radius 1 is 0.860 bits per heavy atom. The quantitative estimate of drug-likeness (QED) is 0.149. The fourth-order valence-electron chi connectivity index (χ4n) is 6.79. The Kier molecular flexibility index (Phi) is 12.4. The van der Waals surface area contributed by atoms with E-state index >= 15 is 0 Å². The number of benzene rings is 3. The fraction of sp³-hybridized carbons (Fsp3) is 0.486. The fourth-order valence-corrected chi connectivity index (χ4v) is 7.25. The average Bonchev–Trinajstić information content (AvgIpc) is 3.10. The summed E-state index contributed by atoms with van der Waals surface area (Å²) in [6.07, 6.45) is -2.68. The molecule has 0 spiro atoms. The number of aliphatic hydroxyl groups excluding tert-OH is 5. The first-order chi connectivity index (χ1) is 23.8. The molecule has 2 heterocycles. The van der Waals surface area contributed by atoms with E-state index in [1.807, 2.05) is 48.5 Å². The van der Waals surface area contributed by atoms with Crippen LogP contribution in [0.1, 0.15) is 60.1 Å². The number of ether oxygens (including phenoxy) is 1. The van der Waals surface area contributed by atoms with Gasteiger partial charge < -0.3 is 35.2 Å². The Bertz CT molecular complexity index is 1670. The summed E-state index contributed by atoms with van der Waals surface area (Å²) in [5, 5.41) is 50.9. The predicted octanol–water partition coefficient (Wildman–Crippen LogP) is 2.64. The second-order valence-corrected chi connectivity index (χ2v) is 15.5. The number of nitrogens with zero attached hydrogens (tertiary/aromatic N) is 2. The Balaban J connectivity index is 1.29. The lowest BCUT2D eigenvalue weighted by Crippen LogP contribution is -2.58. The number of carbonyl (C=O) groups is 1. The molecule has 2 aliphatic rings. The van der Waals surface area contributed by atoms with Crippen LogP contribution >= 0.6 is 0 Å². The summed E-state index contributed by atoms with van der Waals surface area (Å²) in [6, 6.07) is 20.8. The Morgan fingerprint density at radius 3 is 2.08 bits per heavy atom. The first kappa shape index (κ1) is 38.0. The zero-order valence-corrected chi connectivity index (χ0v) is 29.1. The minimum absolute atomic E-state index is 0.0736. The van der Waals surface area contributed by atoms with Crippen molar-refractivity contribution >= 4 is 21.6 Å². The molecule has 2 fully saturated rings. The van der Waals surface area contributed by atoms with Crippen LogP contribution in [0.15, 0.2) is 72.8 Å². The lowest BCUT2D eigenvalue weighted by molar-refractivity contribution is -0.230. The molecule has 2 aliphatic heterocycles. The molecule has 0 saturated carbocycles. The van der Waals surface area contributed by atoms with Gasteiger partial charge in [0.2, 0.25) is 15.9 Å². The SMILES string of the molecule is CN(CCCc1ccc(N2C(=O)[C@H](CC[C@H](O)c3ccc(F)cc3)[C@H]2c2ccc(CCC3O[C@H](CO)[C@@H](O)[C@H](O)[C@H]3O)cc2)cc1)S(C)(=O)=O. The molecule has 2 saturated heterocycles. The van der Waals surface area contributed by atoms with E-state index in [4.69, 9.17) is 4.74 Å². The highest BCUT2D eigenvalue weighted by Crippen LogP contribution is 2.46. The first-order valence-electron chi connectivity index (χ1n) is 16.9. The molecule has 1 amide bonds. The normalized spacial score (nSPS) is 26.2. The molecule has 11 nitrogen and oxygen atoms in total. The third-order valence-corrected chi connectivity index (χ3v) is 11.3. The van der Waals surface area contributed by atoms with E-state index in [-0.39, 0.29) is 11.9 Å². The van der Waals surface area contributed by atoms with Gasteiger partial charge in [-0.1, -0.05) is 48.5 Å². The van der Waals surface area contributed by atoms with Crippen molar-refractivity contribution in [2.75, 3.05) is 31.4 Å². The number of rotatable bonds is 15. The minimum atomic E-state index is -3.25. The van der Waals surface area contributed by atoms with Crippen LogP contribution in [-0.2, 0) is 32.4 Å². The van der Waals surface area contributed by atoms with Crippen molar-refractivity contribution < 1.29 is 47.9 Å². The van der Waals surface area contributed by atoms with E-state index in [2.05, 4.69) is 0 Å². The van der Waals surface area contributed by atoms with Crippen LogP contribution in [0.2, 0.25) is 0 Å². The van der Waals surface area contributed by atoms with Gasteiger partial charge in [0.1, 0.15) is 30.2 Å². The van der Waals surface area contributed by atoms with Gasteiger partial charge in [0.05, 0.1) is 37.0 Å². The molecule has 0 radical (unpaired) electrons. The van der Waals surface area contributed by atoms with Crippen molar-refractivity contribution in [2.24, 2.45) is 5.92 Å². The first-order valence-corrected chi connectivity index (χ1v) is 18.8. The second kappa shape index (κ2) is 16.4. The Labute approximate surface area is 292 Å². The van der Waals surface area contributed by atoms with Gasteiger partial charge in [-0.25, -0.2) is 17.1 Å². The highest BCUT2D eigenvalue weighted by Gasteiger charge is 2.48. The number of amides is 1. The van der Waals surface area contributed by atoms with Crippen LogP contribution in [0.3, 0.4) is 0 Å². The molecular weight excluding hydrogens is 667 g/mol. The van der Waals surface area contributed by atoms with Crippen molar-refractivity contribution in [2.45, 2.75) is 81.2 Å². The van der Waals surface area contributed by atoms with E-state index in [0.29, 0.717) is 50.6 Å². The number of β-lactam (4-membered cyclic amide) rings is 1. The van der Waals surface area contributed by atoms with Gasteiger partial charge in [-0.3, -0.25) is 4.79 Å². The summed E-state index contributed by atoms with van der Waals surface area (Å²) in [5.74, 6) is -0.874. The van der Waals surface area contributed by atoms with Gasteiger partial charge in [-0.05, 0) is 85.0 Å². The van der Waals surface area contributed by atoms with Gasteiger partial charge in [0, 0.05) is 19.3 Å². The van der Waals surface area contributed by atoms with Gasteiger partial charge >= 0.3 is 0 Å². The van der Waals surface area contributed by atoms with Gasteiger partial charge in [0.15, 0.2) is 0 Å². The van der Waals surface area contributed by atoms with E-state index < -0.39 is 65.0 Å². The smallest absolute Gasteiger partial charge is 0.233 e. The molecule has 1 unspecified atom stereocenters. The molecule has 8 atom stereocenters. The summed E-state index contributed by atoms with van der Waals surface area (Å²) < 4.78 is 43.8. The lowest BCUT2D eigenvalue weighted by atomic mass is 9.78. The number of aliphatic hydroxyl groups is 5. The topological polar surface area (TPSA) is 168 Å². The average molecular weight is 715 g/mol. The minimum Gasteiger partial charge on any atom is -0.394 e. The zero-order chi connectivity index (χ0) is 36.2. The maximum Gasteiger partial charge on any atom is 0.233 e. The number of hydrogen-bond donors (Lipinski definition) is 5. The van der Waals surface area contributed by atoms with E-state index in [1.165, 1.54) is 34.8 Å². The molecule has 3 aromatic rings. The Morgan fingerprint density at radius 2 is 1.46 bits per heavy atom. The molecule has 0 bridgehead atoms. The molecule has 5 rings (SSSR count). The summed E-state index contributed by atoms with van der Waals surface area (Å²) in [4.78, 5) is 15.4. The van der Waals surface area contributed by atoms with Gasteiger partial charge in [-0.15, -0.1) is 0 Å². The molecule has 0 aromatic heterocycles. The lowest BCUT2D eigenvalue weighted by Gasteiger charge is -2.48. The number of carbonyl (C=O) groups excluding carboxylic acids is 1. The van der Waals surface area contributed by atoms with E-state index in [0.717, 1.165) is 22.4 Å². The van der Waals surface area contributed by atoms with Crippen molar-refractivity contribution in [3.63, 3.8) is 0 Å².